The molecule has 120 valence electrons. The highest BCUT2D eigenvalue weighted by Crippen LogP contribution is 2.33. The van der Waals surface area contributed by atoms with Crippen LogP contribution in [0.4, 0.5) is 13.2 Å². The highest BCUT2D eigenvalue weighted by molar-refractivity contribution is 5.67. The number of aliphatic hydroxyl groups is 1. The van der Waals surface area contributed by atoms with Gasteiger partial charge in [-0.25, -0.2) is 18.2 Å². The molecule has 2 N–H and O–H groups in total. The molecule has 0 aliphatic carbocycles. The predicted octanol–water partition coefficient (Wildman–Crippen LogP) is 4.23. The van der Waals surface area contributed by atoms with Crippen molar-refractivity contribution in [3.63, 3.8) is 0 Å². The van der Waals surface area contributed by atoms with Gasteiger partial charge in [0.2, 0.25) is 0 Å². The molecule has 1 aromatic heterocycles. The van der Waals surface area contributed by atoms with Crippen LogP contribution < -0.4 is 0 Å². The lowest BCUT2D eigenvalue weighted by molar-refractivity contribution is -0.00820. The Balaban J connectivity index is 0.00000116. The first-order chi connectivity index (χ1) is 10.4. The summed E-state index contributed by atoms with van der Waals surface area (Å²) in [5.41, 5.74) is 0.457. The molecule has 0 fully saturated rings. The van der Waals surface area contributed by atoms with Gasteiger partial charge in [0.15, 0.2) is 6.10 Å². The molecule has 1 unspecified atom stereocenters. The van der Waals surface area contributed by atoms with Crippen molar-refractivity contribution < 1.29 is 23.4 Å². The number of rotatable bonds is 3. The van der Waals surface area contributed by atoms with E-state index < -0.39 is 18.3 Å². The van der Waals surface area contributed by atoms with E-state index in [2.05, 4.69) is 4.98 Å². The third-order valence-corrected chi connectivity index (χ3v) is 2.86. The fourth-order valence-electron chi connectivity index (χ4n) is 1.78. The van der Waals surface area contributed by atoms with Crippen LogP contribution in [0.2, 0.25) is 0 Å². The lowest BCUT2D eigenvalue weighted by Crippen LogP contribution is -2.10. The molecule has 2 rings (SSSR count). The third kappa shape index (κ3) is 3.98. The summed E-state index contributed by atoms with van der Waals surface area (Å²) < 4.78 is 37.9. The molecule has 0 aliphatic rings. The van der Waals surface area contributed by atoms with E-state index in [0.717, 1.165) is 0 Å². The molecule has 1 aromatic carbocycles. The van der Waals surface area contributed by atoms with Crippen molar-refractivity contribution >= 4 is 0 Å². The molecule has 0 amide bonds. The monoisotopic (exact) mass is 313 g/mol. The van der Waals surface area contributed by atoms with Crippen LogP contribution in [0.25, 0.3) is 11.3 Å². The number of aliphatic hydroxyl groups excluding tert-OH is 1. The molecule has 0 spiro atoms. The second-order valence-electron chi connectivity index (χ2n) is 4.35. The molecule has 1 atom stereocenters. The molecule has 0 radical (unpaired) electrons. The number of aryl methyl sites for hydroxylation is 1. The zero-order valence-corrected chi connectivity index (χ0v) is 12.5. The van der Waals surface area contributed by atoms with E-state index in [1.54, 1.807) is 0 Å². The smallest absolute Gasteiger partial charge is 0.269 e. The fraction of sp³-hybridized carbons (Fsp3) is 0.312. The molecule has 6 heteroatoms. The van der Waals surface area contributed by atoms with Crippen LogP contribution in [0.5, 0.6) is 5.75 Å². The van der Waals surface area contributed by atoms with Gasteiger partial charge in [0.05, 0.1) is 5.69 Å². The minimum Gasteiger partial charge on any atom is -0.505 e. The maximum atomic E-state index is 12.9. The summed E-state index contributed by atoms with van der Waals surface area (Å²) in [5, 5.41) is 19.3. The van der Waals surface area contributed by atoms with Crippen LogP contribution in [0, 0.1) is 12.7 Å². The first-order valence-corrected chi connectivity index (χ1v) is 6.83. The van der Waals surface area contributed by atoms with Crippen LogP contribution in [-0.2, 0) is 0 Å². The van der Waals surface area contributed by atoms with Crippen molar-refractivity contribution in [2.24, 2.45) is 0 Å². The molecule has 0 saturated carbocycles. The van der Waals surface area contributed by atoms with Crippen LogP contribution in [-0.4, -0.2) is 21.6 Å². The van der Waals surface area contributed by atoms with E-state index in [9.17, 15) is 23.4 Å². The number of nitrogens with zero attached hydrogens (tertiary/aromatic N) is 1. The molecule has 22 heavy (non-hydrogen) atoms. The predicted molar refractivity (Wildman–Crippen MR) is 78.3 cm³/mol. The van der Waals surface area contributed by atoms with Gasteiger partial charge in [-0.3, -0.25) is 0 Å². The van der Waals surface area contributed by atoms with Crippen molar-refractivity contribution in [2.45, 2.75) is 33.3 Å². The van der Waals surface area contributed by atoms with E-state index in [1.165, 1.54) is 37.3 Å². The summed E-state index contributed by atoms with van der Waals surface area (Å²) in [5.74, 6) is -0.657. The van der Waals surface area contributed by atoms with Crippen molar-refractivity contribution in [1.82, 2.24) is 4.98 Å². The first kappa shape index (κ1) is 18.0. The minimum absolute atomic E-state index is 0.0275. The Labute approximate surface area is 127 Å². The number of alkyl halides is 2. The van der Waals surface area contributed by atoms with Crippen LogP contribution in [0.3, 0.4) is 0 Å². The highest BCUT2D eigenvalue weighted by Gasteiger charge is 2.23. The average Bonchev–Trinajstić information content (AvgIpc) is 2.52. The highest BCUT2D eigenvalue weighted by atomic mass is 19.3. The second-order valence-corrected chi connectivity index (χ2v) is 4.35. The fourth-order valence-corrected chi connectivity index (χ4v) is 1.78. The first-order valence-electron chi connectivity index (χ1n) is 6.83. The number of aromatic hydroxyl groups is 1. The number of benzene rings is 1. The SMILES string of the molecule is CC.Cc1cc(C(O)C(F)F)nc(-c2ccc(F)cc2)c1O. The molecular formula is C16H18F3NO2. The number of aromatic nitrogens is 1. The van der Waals surface area contributed by atoms with Gasteiger partial charge in [-0.05, 0) is 42.8 Å². The van der Waals surface area contributed by atoms with E-state index >= 15 is 0 Å². The Morgan fingerprint density at radius 3 is 2.14 bits per heavy atom. The summed E-state index contributed by atoms with van der Waals surface area (Å²) in [4.78, 5) is 3.85. The zero-order valence-electron chi connectivity index (χ0n) is 12.5. The molecule has 0 bridgehead atoms. The summed E-state index contributed by atoms with van der Waals surface area (Å²) in [6.45, 7) is 5.51. The number of halogens is 3. The Morgan fingerprint density at radius 1 is 1.09 bits per heavy atom. The van der Waals surface area contributed by atoms with Crippen molar-refractivity contribution in [3.8, 4) is 17.0 Å². The molecule has 1 heterocycles. The zero-order chi connectivity index (χ0) is 16.9. The third-order valence-electron chi connectivity index (χ3n) is 2.86. The second kappa shape index (κ2) is 7.79. The quantitative estimate of drug-likeness (QED) is 0.891. The van der Waals surface area contributed by atoms with Gasteiger partial charge in [-0.2, -0.15) is 0 Å². The van der Waals surface area contributed by atoms with E-state index in [1.807, 2.05) is 13.8 Å². The van der Waals surface area contributed by atoms with Gasteiger partial charge in [-0.15, -0.1) is 0 Å². The molecular weight excluding hydrogens is 295 g/mol. The summed E-state index contributed by atoms with van der Waals surface area (Å²) in [6, 6.07) is 6.27. The lowest BCUT2D eigenvalue weighted by atomic mass is 10.1. The van der Waals surface area contributed by atoms with Crippen molar-refractivity contribution in [3.05, 3.63) is 47.4 Å². The average molecular weight is 313 g/mol. The Kier molecular flexibility index (Phi) is 6.37. The Hall–Kier alpha value is -2.08. The van der Waals surface area contributed by atoms with Crippen LogP contribution in [0.15, 0.2) is 30.3 Å². The van der Waals surface area contributed by atoms with Gasteiger partial charge in [-0.1, -0.05) is 13.8 Å². The maximum Gasteiger partial charge on any atom is 0.269 e. The van der Waals surface area contributed by atoms with Gasteiger partial charge < -0.3 is 10.2 Å². The molecule has 0 saturated heterocycles. The van der Waals surface area contributed by atoms with Crippen LogP contribution >= 0.6 is 0 Å². The maximum absolute atomic E-state index is 12.9. The number of hydrogen-bond donors (Lipinski definition) is 2. The summed E-state index contributed by atoms with van der Waals surface area (Å²) >= 11 is 0. The minimum atomic E-state index is -2.98. The largest absolute Gasteiger partial charge is 0.505 e. The van der Waals surface area contributed by atoms with E-state index in [0.29, 0.717) is 11.1 Å². The molecule has 3 nitrogen and oxygen atoms in total. The summed E-state index contributed by atoms with van der Waals surface area (Å²) in [6.07, 6.45) is -5.01. The molecule has 2 aromatic rings. The van der Waals surface area contributed by atoms with Gasteiger partial charge in [0, 0.05) is 5.56 Å². The normalized spacial score (nSPS) is 11.8. The standard InChI is InChI=1S/C14H12F3NO2.C2H6/c1-7-6-10(13(20)14(16)17)18-11(12(7)19)8-2-4-9(15)5-3-8;1-2/h2-6,13-14,19-20H,1H3;1-2H3. The van der Waals surface area contributed by atoms with E-state index in [-0.39, 0.29) is 17.1 Å². The van der Waals surface area contributed by atoms with Crippen LogP contribution in [0.1, 0.15) is 31.2 Å². The van der Waals surface area contributed by atoms with Crippen molar-refractivity contribution in [1.29, 1.82) is 0 Å². The lowest BCUT2D eigenvalue weighted by Gasteiger charge is -2.13. The summed E-state index contributed by atoms with van der Waals surface area (Å²) in [7, 11) is 0. The topological polar surface area (TPSA) is 53.4 Å². The van der Waals surface area contributed by atoms with E-state index in [4.69, 9.17) is 0 Å². The van der Waals surface area contributed by atoms with Crippen molar-refractivity contribution in [2.75, 3.05) is 0 Å². The Morgan fingerprint density at radius 2 is 1.64 bits per heavy atom. The van der Waals surface area contributed by atoms with Gasteiger partial charge in [0.25, 0.3) is 6.43 Å². The molecule has 0 aliphatic heterocycles. The van der Waals surface area contributed by atoms with Gasteiger partial charge in [0.1, 0.15) is 17.3 Å². The van der Waals surface area contributed by atoms with Gasteiger partial charge >= 0.3 is 0 Å². The number of pyridine rings is 1. The Bertz CT molecular complexity index is 616. The number of hydrogen-bond acceptors (Lipinski definition) is 3.